The predicted octanol–water partition coefficient (Wildman–Crippen LogP) is 1.94. The van der Waals surface area contributed by atoms with Crippen LogP contribution in [0.15, 0.2) is 24.3 Å². The van der Waals surface area contributed by atoms with Crippen molar-refractivity contribution in [3.8, 4) is 5.75 Å². The monoisotopic (exact) mass is 309 g/mol. The Kier molecular flexibility index (Phi) is 7.39. The van der Waals surface area contributed by atoms with Gasteiger partial charge in [-0.3, -0.25) is 9.59 Å². The molecule has 1 aromatic rings. The maximum Gasteiger partial charge on any atom is 0.308 e. The van der Waals surface area contributed by atoms with E-state index >= 15 is 0 Å². The lowest BCUT2D eigenvalue weighted by molar-refractivity contribution is -0.141. The van der Waals surface area contributed by atoms with Crippen molar-refractivity contribution in [1.29, 1.82) is 0 Å². The van der Waals surface area contributed by atoms with Gasteiger partial charge in [-0.2, -0.15) is 0 Å². The summed E-state index contributed by atoms with van der Waals surface area (Å²) < 4.78 is 10.5. The number of methoxy groups -OCH3 is 1. The van der Waals surface area contributed by atoms with Crippen molar-refractivity contribution < 1.29 is 24.2 Å². The first kappa shape index (κ1) is 18.0. The van der Waals surface area contributed by atoms with Gasteiger partial charge in [0.1, 0.15) is 5.75 Å². The molecule has 1 amide bonds. The zero-order chi connectivity index (χ0) is 16.5. The van der Waals surface area contributed by atoms with Crippen LogP contribution in [0.4, 0.5) is 0 Å². The zero-order valence-corrected chi connectivity index (χ0v) is 13.2. The normalized spacial score (nSPS) is 13.2. The molecule has 0 fully saturated rings. The summed E-state index contributed by atoms with van der Waals surface area (Å²) >= 11 is 0. The minimum Gasteiger partial charge on any atom is -0.493 e. The Morgan fingerprint density at radius 1 is 1.27 bits per heavy atom. The van der Waals surface area contributed by atoms with Gasteiger partial charge in [0.2, 0.25) is 0 Å². The number of rotatable bonds is 9. The van der Waals surface area contributed by atoms with Crippen LogP contribution in [0.3, 0.4) is 0 Å². The highest BCUT2D eigenvalue weighted by Gasteiger charge is 2.21. The number of ether oxygens (including phenoxy) is 2. The second-order valence-corrected chi connectivity index (χ2v) is 5.11. The van der Waals surface area contributed by atoms with E-state index in [2.05, 4.69) is 5.32 Å². The molecule has 0 aliphatic rings. The lowest BCUT2D eigenvalue weighted by Gasteiger charge is -2.18. The zero-order valence-electron chi connectivity index (χ0n) is 13.2. The summed E-state index contributed by atoms with van der Waals surface area (Å²) in [5.74, 6) is -1.31. The molecule has 1 rings (SSSR count). The van der Waals surface area contributed by atoms with Crippen LogP contribution in [0.25, 0.3) is 0 Å². The summed E-state index contributed by atoms with van der Waals surface area (Å²) in [6.07, 6.45) is 0.764. The van der Waals surface area contributed by atoms with Gasteiger partial charge in [-0.25, -0.2) is 0 Å². The van der Waals surface area contributed by atoms with Crippen molar-refractivity contribution >= 4 is 11.9 Å². The number of hydrogen-bond acceptors (Lipinski definition) is 4. The van der Waals surface area contributed by atoms with Gasteiger partial charge in [0, 0.05) is 31.7 Å². The minimum atomic E-state index is -0.942. The summed E-state index contributed by atoms with van der Waals surface area (Å²) in [5, 5.41) is 11.6. The van der Waals surface area contributed by atoms with E-state index in [1.807, 2.05) is 0 Å². The molecule has 0 aliphatic carbocycles. The third-order valence-electron chi connectivity index (χ3n) is 3.36. The van der Waals surface area contributed by atoms with Crippen LogP contribution < -0.4 is 10.1 Å². The minimum absolute atomic E-state index is 0.317. The van der Waals surface area contributed by atoms with Gasteiger partial charge >= 0.3 is 5.97 Å². The topological polar surface area (TPSA) is 84.9 Å². The molecule has 0 bridgehead atoms. The third-order valence-corrected chi connectivity index (χ3v) is 3.36. The van der Waals surface area contributed by atoms with Crippen molar-refractivity contribution in [2.24, 2.45) is 5.92 Å². The average molecular weight is 309 g/mol. The Bertz CT molecular complexity index is 503. The number of carboxylic acids is 1. The van der Waals surface area contributed by atoms with E-state index in [1.165, 1.54) is 0 Å². The molecule has 0 spiro atoms. The molecule has 0 radical (unpaired) electrons. The van der Waals surface area contributed by atoms with Crippen LogP contribution >= 0.6 is 0 Å². The second kappa shape index (κ2) is 9.04. The summed E-state index contributed by atoms with van der Waals surface area (Å²) in [5.41, 5.74) is 0.439. The molecule has 0 saturated carbocycles. The van der Waals surface area contributed by atoms with E-state index in [0.29, 0.717) is 24.5 Å². The molecule has 2 N–H and O–H groups in total. The third kappa shape index (κ3) is 5.73. The van der Waals surface area contributed by atoms with E-state index in [-0.39, 0.29) is 5.91 Å². The fraction of sp³-hybridized carbons (Fsp3) is 0.500. The molecule has 2 unspecified atom stereocenters. The van der Waals surface area contributed by atoms with Crippen molar-refractivity contribution in [1.82, 2.24) is 5.32 Å². The molecule has 122 valence electrons. The maximum absolute atomic E-state index is 12.1. The van der Waals surface area contributed by atoms with Crippen molar-refractivity contribution in [2.45, 2.75) is 26.3 Å². The van der Waals surface area contributed by atoms with Gasteiger partial charge in [-0.15, -0.1) is 0 Å². The van der Waals surface area contributed by atoms with Crippen LogP contribution in [-0.2, 0) is 9.53 Å². The summed E-state index contributed by atoms with van der Waals surface area (Å²) in [6.45, 7) is 4.35. The average Bonchev–Trinajstić information content (AvgIpc) is 2.50. The number of carbonyl (C=O) groups is 2. The molecule has 0 aliphatic heterocycles. The van der Waals surface area contributed by atoms with Gasteiger partial charge < -0.3 is 19.9 Å². The quantitative estimate of drug-likeness (QED) is 0.681. The smallest absolute Gasteiger partial charge is 0.308 e. The Morgan fingerprint density at radius 3 is 2.64 bits per heavy atom. The standard InChI is InChI=1S/C16H23NO5/c1-11(16(19)20)12(2)17-15(18)13-6-4-7-14(10-13)22-9-5-8-21-3/h4,6-7,10-12H,5,8-9H2,1-3H3,(H,17,18)(H,19,20). The summed E-state index contributed by atoms with van der Waals surface area (Å²) in [6, 6.07) is 6.34. The van der Waals surface area contributed by atoms with Crippen molar-refractivity contribution in [3.63, 3.8) is 0 Å². The number of carbonyl (C=O) groups excluding carboxylic acids is 1. The molecule has 0 heterocycles. The lowest BCUT2D eigenvalue weighted by atomic mass is 10.0. The molecule has 6 heteroatoms. The first-order chi connectivity index (χ1) is 10.5. The van der Waals surface area contributed by atoms with Gasteiger partial charge in [0.25, 0.3) is 5.91 Å². The first-order valence-electron chi connectivity index (χ1n) is 7.21. The van der Waals surface area contributed by atoms with Gasteiger partial charge in [-0.05, 0) is 32.0 Å². The largest absolute Gasteiger partial charge is 0.493 e. The highest BCUT2D eigenvalue weighted by molar-refractivity contribution is 5.95. The highest BCUT2D eigenvalue weighted by Crippen LogP contribution is 2.14. The molecule has 0 saturated heterocycles. The predicted molar refractivity (Wildman–Crippen MR) is 82.2 cm³/mol. The number of hydrogen-bond donors (Lipinski definition) is 2. The molecule has 0 aromatic heterocycles. The van der Waals surface area contributed by atoms with E-state index in [0.717, 1.165) is 6.42 Å². The number of aliphatic carboxylic acids is 1. The highest BCUT2D eigenvalue weighted by atomic mass is 16.5. The van der Waals surface area contributed by atoms with E-state index in [9.17, 15) is 9.59 Å². The molecule has 22 heavy (non-hydrogen) atoms. The fourth-order valence-electron chi connectivity index (χ4n) is 1.75. The van der Waals surface area contributed by atoms with Crippen molar-refractivity contribution in [2.75, 3.05) is 20.3 Å². The molecule has 1 aromatic carbocycles. The Hall–Kier alpha value is -2.08. The lowest BCUT2D eigenvalue weighted by Crippen LogP contribution is -2.40. The number of amides is 1. The van der Waals surface area contributed by atoms with Crippen LogP contribution in [0, 0.1) is 5.92 Å². The van der Waals surface area contributed by atoms with Crippen LogP contribution in [0.5, 0.6) is 5.75 Å². The second-order valence-electron chi connectivity index (χ2n) is 5.11. The fourth-order valence-corrected chi connectivity index (χ4v) is 1.75. The molecule has 2 atom stereocenters. The van der Waals surface area contributed by atoms with E-state index < -0.39 is 17.9 Å². The van der Waals surface area contributed by atoms with Gasteiger partial charge in [0.05, 0.1) is 12.5 Å². The molecular formula is C16H23NO5. The van der Waals surface area contributed by atoms with Crippen molar-refractivity contribution in [3.05, 3.63) is 29.8 Å². The van der Waals surface area contributed by atoms with Gasteiger partial charge in [0.15, 0.2) is 0 Å². The van der Waals surface area contributed by atoms with Gasteiger partial charge in [-0.1, -0.05) is 6.07 Å². The SMILES string of the molecule is COCCCOc1cccc(C(=O)NC(C)C(C)C(=O)O)c1. The molecule has 6 nitrogen and oxygen atoms in total. The Morgan fingerprint density at radius 2 is 2.00 bits per heavy atom. The maximum atomic E-state index is 12.1. The summed E-state index contributed by atoms with van der Waals surface area (Å²) in [7, 11) is 1.63. The number of benzene rings is 1. The Labute approximate surface area is 130 Å². The first-order valence-corrected chi connectivity index (χ1v) is 7.21. The van der Waals surface area contributed by atoms with Crippen LogP contribution in [0.2, 0.25) is 0 Å². The van der Waals surface area contributed by atoms with Crippen LogP contribution in [0.1, 0.15) is 30.6 Å². The summed E-state index contributed by atoms with van der Waals surface area (Å²) in [4.78, 5) is 23.0. The van der Waals surface area contributed by atoms with Crippen LogP contribution in [-0.4, -0.2) is 43.3 Å². The Balaban J connectivity index is 2.60. The number of carboxylic acid groups (broad SMARTS) is 1. The molecular weight excluding hydrogens is 286 g/mol. The van der Waals surface area contributed by atoms with E-state index in [1.54, 1.807) is 45.2 Å². The van der Waals surface area contributed by atoms with E-state index in [4.69, 9.17) is 14.6 Å². The number of nitrogens with one attached hydrogen (secondary N) is 1.